The summed E-state index contributed by atoms with van der Waals surface area (Å²) in [6.45, 7) is 0.654. The average Bonchev–Trinajstić information content (AvgIpc) is 2.68. The molecule has 0 heterocycles. The van der Waals surface area contributed by atoms with E-state index in [0.29, 0.717) is 17.0 Å². The Balaban J connectivity index is 1.91. The first-order chi connectivity index (χ1) is 14.0. The van der Waals surface area contributed by atoms with Crippen LogP contribution >= 0.6 is 0 Å². The van der Waals surface area contributed by atoms with E-state index in [9.17, 15) is 27.9 Å². The Morgan fingerprint density at radius 2 is 1.77 bits per heavy atom. The van der Waals surface area contributed by atoms with Crippen LogP contribution in [0.2, 0.25) is 0 Å². The van der Waals surface area contributed by atoms with Crippen molar-refractivity contribution in [2.75, 3.05) is 18.5 Å². The molecule has 30 heavy (non-hydrogen) atoms. The predicted octanol–water partition coefficient (Wildman–Crippen LogP) is 3.28. The minimum absolute atomic E-state index is 0.151. The van der Waals surface area contributed by atoms with Crippen molar-refractivity contribution in [2.24, 2.45) is 0 Å². The highest BCUT2D eigenvalue weighted by atomic mass is 19.4. The van der Waals surface area contributed by atoms with Crippen molar-refractivity contribution in [3.05, 3.63) is 59.7 Å². The Morgan fingerprint density at radius 3 is 2.33 bits per heavy atom. The van der Waals surface area contributed by atoms with E-state index in [1.165, 1.54) is 25.1 Å². The van der Waals surface area contributed by atoms with Crippen molar-refractivity contribution in [2.45, 2.75) is 25.1 Å². The SMILES string of the molecule is C[C@@](CO)(NC(=O)O)C(=O)Nc1ccc(OCCc2cccc(C(F)(F)F)c2)cc1. The molecule has 2 rings (SSSR count). The topological polar surface area (TPSA) is 108 Å². The summed E-state index contributed by atoms with van der Waals surface area (Å²) in [5.74, 6) is -0.306. The average molecular weight is 426 g/mol. The van der Waals surface area contributed by atoms with Gasteiger partial charge in [-0.15, -0.1) is 0 Å². The van der Waals surface area contributed by atoms with Gasteiger partial charge in [0, 0.05) is 12.1 Å². The Morgan fingerprint density at radius 1 is 1.10 bits per heavy atom. The summed E-state index contributed by atoms with van der Waals surface area (Å²) in [6.07, 6.45) is -5.58. The minimum Gasteiger partial charge on any atom is -0.493 e. The van der Waals surface area contributed by atoms with Crippen molar-refractivity contribution in [1.82, 2.24) is 5.32 Å². The van der Waals surface area contributed by atoms with Crippen LogP contribution < -0.4 is 15.4 Å². The summed E-state index contributed by atoms with van der Waals surface area (Å²) in [6, 6.07) is 11.1. The molecule has 0 fully saturated rings. The zero-order valence-corrected chi connectivity index (χ0v) is 16.0. The Labute approximate surface area is 170 Å². The van der Waals surface area contributed by atoms with Crippen LogP contribution in [-0.4, -0.2) is 41.0 Å². The molecule has 10 heteroatoms. The molecule has 2 aromatic rings. The first kappa shape index (κ1) is 23.0. The largest absolute Gasteiger partial charge is 0.493 e. The molecule has 4 N–H and O–H groups in total. The van der Waals surface area contributed by atoms with Gasteiger partial charge in [0.05, 0.1) is 18.8 Å². The fraction of sp³-hybridized carbons (Fsp3) is 0.300. The molecule has 0 unspecified atom stereocenters. The zero-order valence-electron chi connectivity index (χ0n) is 16.0. The van der Waals surface area contributed by atoms with Crippen molar-refractivity contribution in [3.63, 3.8) is 0 Å². The number of rotatable bonds is 8. The number of aliphatic hydroxyl groups excluding tert-OH is 1. The van der Waals surface area contributed by atoms with Gasteiger partial charge in [0.2, 0.25) is 0 Å². The lowest BCUT2D eigenvalue weighted by atomic mass is 10.0. The van der Waals surface area contributed by atoms with Crippen LogP contribution in [0, 0.1) is 0 Å². The fourth-order valence-electron chi connectivity index (χ4n) is 2.50. The molecular weight excluding hydrogens is 405 g/mol. The van der Waals surface area contributed by atoms with Crippen LogP contribution in [-0.2, 0) is 17.4 Å². The van der Waals surface area contributed by atoms with Crippen molar-refractivity contribution >= 4 is 17.7 Å². The van der Waals surface area contributed by atoms with Crippen LogP contribution in [0.4, 0.5) is 23.7 Å². The lowest BCUT2D eigenvalue weighted by Gasteiger charge is -2.25. The number of amides is 2. The van der Waals surface area contributed by atoms with Crippen LogP contribution in [0.5, 0.6) is 5.75 Å². The van der Waals surface area contributed by atoms with Gasteiger partial charge in [0.15, 0.2) is 0 Å². The van der Waals surface area contributed by atoms with Crippen LogP contribution in [0.3, 0.4) is 0 Å². The lowest BCUT2D eigenvalue weighted by molar-refractivity contribution is -0.137. The van der Waals surface area contributed by atoms with Gasteiger partial charge >= 0.3 is 12.3 Å². The molecule has 2 amide bonds. The Kier molecular flexibility index (Phi) is 7.28. The van der Waals surface area contributed by atoms with E-state index in [-0.39, 0.29) is 13.0 Å². The molecule has 0 aliphatic rings. The molecule has 0 aliphatic heterocycles. The number of ether oxygens (including phenoxy) is 1. The number of carbonyl (C=O) groups is 2. The van der Waals surface area contributed by atoms with E-state index in [4.69, 9.17) is 9.84 Å². The molecule has 0 spiro atoms. The number of alkyl halides is 3. The van der Waals surface area contributed by atoms with Crippen LogP contribution in [0.15, 0.2) is 48.5 Å². The summed E-state index contributed by atoms with van der Waals surface area (Å²) in [7, 11) is 0. The summed E-state index contributed by atoms with van der Waals surface area (Å²) in [5.41, 5.74) is -1.60. The molecule has 0 saturated carbocycles. The van der Waals surface area contributed by atoms with E-state index < -0.39 is 35.9 Å². The molecule has 0 aromatic heterocycles. The number of hydrogen-bond donors (Lipinski definition) is 4. The number of carbonyl (C=O) groups excluding carboxylic acids is 1. The maximum atomic E-state index is 12.7. The Hall–Kier alpha value is -3.27. The third-order valence-corrected chi connectivity index (χ3v) is 4.23. The fourth-order valence-corrected chi connectivity index (χ4v) is 2.50. The van der Waals surface area contributed by atoms with Crippen molar-refractivity contribution in [3.8, 4) is 5.75 Å². The second-order valence-electron chi connectivity index (χ2n) is 6.70. The number of aliphatic hydroxyl groups is 1. The summed E-state index contributed by atoms with van der Waals surface area (Å²) in [5, 5.41) is 22.5. The quantitative estimate of drug-likeness (QED) is 0.518. The number of anilines is 1. The predicted molar refractivity (Wildman–Crippen MR) is 102 cm³/mol. The third kappa shape index (κ3) is 6.38. The van der Waals surface area contributed by atoms with Crippen LogP contribution in [0.1, 0.15) is 18.1 Å². The van der Waals surface area contributed by atoms with Crippen molar-refractivity contribution < 1.29 is 37.7 Å². The first-order valence-electron chi connectivity index (χ1n) is 8.86. The third-order valence-electron chi connectivity index (χ3n) is 4.23. The van der Waals surface area contributed by atoms with E-state index in [1.54, 1.807) is 18.2 Å². The van der Waals surface area contributed by atoms with Gasteiger partial charge in [-0.25, -0.2) is 4.79 Å². The first-order valence-corrected chi connectivity index (χ1v) is 8.86. The van der Waals surface area contributed by atoms with E-state index in [2.05, 4.69) is 5.32 Å². The molecule has 1 atom stereocenters. The highest BCUT2D eigenvalue weighted by Gasteiger charge is 2.34. The summed E-state index contributed by atoms with van der Waals surface area (Å²) < 4.78 is 43.7. The van der Waals surface area contributed by atoms with Gasteiger partial charge in [0.25, 0.3) is 5.91 Å². The van der Waals surface area contributed by atoms with Gasteiger partial charge in [-0.1, -0.05) is 18.2 Å². The van der Waals surface area contributed by atoms with E-state index in [1.807, 2.05) is 5.32 Å². The normalized spacial score (nSPS) is 13.2. The molecule has 162 valence electrons. The highest BCUT2D eigenvalue weighted by molar-refractivity contribution is 5.99. The lowest BCUT2D eigenvalue weighted by Crippen LogP contribution is -2.56. The van der Waals surface area contributed by atoms with E-state index in [0.717, 1.165) is 12.1 Å². The van der Waals surface area contributed by atoms with Gasteiger partial charge in [-0.05, 0) is 42.8 Å². The molecule has 0 radical (unpaired) electrons. The van der Waals surface area contributed by atoms with Crippen LogP contribution in [0.25, 0.3) is 0 Å². The number of hydrogen-bond acceptors (Lipinski definition) is 4. The minimum atomic E-state index is -4.40. The highest BCUT2D eigenvalue weighted by Crippen LogP contribution is 2.29. The maximum absolute atomic E-state index is 12.7. The maximum Gasteiger partial charge on any atom is 0.416 e. The molecular formula is C20H21F3N2O5. The molecule has 2 aromatic carbocycles. The Bertz CT molecular complexity index is 887. The second kappa shape index (κ2) is 9.49. The summed E-state index contributed by atoms with van der Waals surface area (Å²) >= 11 is 0. The molecule has 0 bridgehead atoms. The van der Waals surface area contributed by atoms with Gasteiger partial charge in [-0.2, -0.15) is 13.2 Å². The van der Waals surface area contributed by atoms with Gasteiger partial charge in [0.1, 0.15) is 11.3 Å². The number of halogens is 3. The standard InChI is InChI=1S/C20H21F3N2O5/c1-19(12-26,25-18(28)29)17(27)24-15-5-7-16(8-6-15)30-10-9-13-3-2-4-14(11-13)20(21,22)23/h2-8,11,25-26H,9-10,12H2,1H3,(H,24,27)(H,28,29)/t19-/m0/s1. The van der Waals surface area contributed by atoms with Crippen molar-refractivity contribution in [1.29, 1.82) is 0 Å². The second-order valence-corrected chi connectivity index (χ2v) is 6.70. The molecule has 0 saturated heterocycles. The molecule has 0 aliphatic carbocycles. The zero-order chi connectivity index (χ0) is 22.4. The molecule has 7 nitrogen and oxygen atoms in total. The van der Waals surface area contributed by atoms with Gasteiger partial charge in [-0.3, -0.25) is 4.79 Å². The van der Waals surface area contributed by atoms with Gasteiger partial charge < -0.3 is 25.6 Å². The number of nitrogens with one attached hydrogen (secondary N) is 2. The van der Waals surface area contributed by atoms with E-state index >= 15 is 0 Å². The monoisotopic (exact) mass is 426 g/mol. The number of carboxylic acid groups (broad SMARTS) is 1. The smallest absolute Gasteiger partial charge is 0.416 e. The summed E-state index contributed by atoms with van der Waals surface area (Å²) in [4.78, 5) is 23.0. The number of benzene rings is 2.